The van der Waals surface area contributed by atoms with Gasteiger partial charge in [0, 0.05) is 22.4 Å². The zero-order valence-corrected chi connectivity index (χ0v) is 18.2. The highest BCUT2D eigenvalue weighted by atomic mass is 35.5. The van der Waals surface area contributed by atoms with Gasteiger partial charge in [0.15, 0.2) is 0 Å². The Bertz CT molecular complexity index is 1260. The molecule has 0 aromatic heterocycles. The molecule has 0 bridgehead atoms. The average Bonchev–Trinajstić information content (AvgIpc) is 3.06. The highest BCUT2D eigenvalue weighted by molar-refractivity contribution is 6.31. The average molecular weight is 445 g/mol. The smallest absolute Gasteiger partial charge is 0.257 e. The Labute approximate surface area is 190 Å². The molecule has 0 saturated carbocycles. The molecule has 6 heteroatoms. The predicted molar refractivity (Wildman–Crippen MR) is 122 cm³/mol. The Morgan fingerprint density at radius 1 is 1.03 bits per heavy atom. The molecule has 3 heterocycles. The van der Waals surface area contributed by atoms with Crippen LogP contribution in [0.1, 0.15) is 40.4 Å². The van der Waals surface area contributed by atoms with Gasteiger partial charge in [-0.3, -0.25) is 9.59 Å². The number of nitrogens with zero attached hydrogens (tertiary/aromatic N) is 1. The van der Waals surface area contributed by atoms with E-state index in [0.29, 0.717) is 22.9 Å². The highest BCUT2D eigenvalue weighted by Gasteiger charge is 2.65. The van der Waals surface area contributed by atoms with E-state index in [9.17, 15) is 9.59 Å². The fourth-order valence-electron chi connectivity index (χ4n) is 5.83. The molecule has 0 spiro atoms. The minimum absolute atomic E-state index is 0.0762. The van der Waals surface area contributed by atoms with Crippen LogP contribution in [0.2, 0.25) is 5.02 Å². The van der Waals surface area contributed by atoms with Crippen molar-refractivity contribution in [1.29, 1.82) is 0 Å². The summed E-state index contributed by atoms with van der Waals surface area (Å²) in [5, 5.41) is 3.48. The third-order valence-electron chi connectivity index (χ3n) is 7.18. The quantitative estimate of drug-likeness (QED) is 0.572. The van der Waals surface area contributed by atoms with Gasteiger partial charge in [-0.25, -0.2) is 0 Å². The molecule has 1 saturated heterocycles. The van der Waals surface area contributed by atoms with E-state index >= 15 is 0 Å². The van der Waals surface area contributed by atoms with Gasteiger partial charge in [0.2, 0.25) is 0 Å². The van der Waals surface area contributed by atoms with E-state index in [1.54, 1.807) is 23.1 Å². The molecule has 32 heavy (non-hydrogen) atoms. The molecular weight excluding hydrogens is 424 g/mol. The molecule has 3 unspecified atom stereocenters. The van der Waals surface area contributed by atoms with E-state index in [0.717, 1.165) is 16.9 Å². The van der Waals surface area contributed by atoms with Gasteiger partial charge in [0.1, 0.15) is 11.3 Å². The first-order valence-corrected chi connectivity index (χ1v) is 11.1. The number of para-hydroxylation sites is 1. The number of hydrogen-bond acceptors (Lipinski definition) is 3. The van der Waals surface area contributed by atoms with Crippen LogP contribution in [-0.2, 0) is 4.79 Å². The fourth-order valence-corrected chi connectivity index (χ4v) is 6.00. The SMILES string of the molecule is C[C@@]12C(=O)Nc3ccc(Cl)cc3C(=O)N1C1c3ccccc3OCC1C2c1ccccc1. The van der Waals surface area contributed by atoms with Crippen molar-refractivity contribution in [3.63, 3.8) is 0 Å². The summed E-state index contributed by atoms with van der Waals surface area (Å²) >= 11 is 6.25. The summed E-state index contributed by atoms with van der Waals surface area (Å²) < 4.78 is 6.14. The molecular formula is C26H21ClN2O3. The van der Waals surface area contributed by atoms with Crippen LogP contribution in [0.15, 0.2) is 72.8 Å². The van der Waals surface area contributed by atoms with Crippen LogP contribution in [0.5, 0.6) is 5.75 Å². The van der Waals surface area contributed by atoms with Crippen molar-refractivity contribution < 1.29 is 14.3 Å². The van der Waals surface area contributed by atoms with E-state index in [1.807, 2.05) is 61.5 Å². The maximum atomic E-state index is 14.1. The van der Waals surface area contributed by atoms with E-state index in [2.05, 4.69) is 5.32 Å². The van der Waals surface area contributed by atoms with E-state index < -0.39 is 5.54 Å². The lowest BCUT2D eigenvalue weighted by molar-refractivity contribution is -0.125. The predicted octanol–water partition coefficient (Wildman–Crippen LogP) is 5.04. The first kappa shape index (κ1) is 19.4. The van der Waals surface area contributed by atoms with Crippen molar-refractivity contribution in [3.05, 3.63) is 94.5 Å². The molecule has 5 nitrogen and oxygen atoms in total. The van der Waals surface area contributed by atoms with Gasteiger partial charge in [0.05, 0.1) is 23.9 Å². The van der Waals surface area contributed by atoms with Gasteiger partial charge in [0.25, 0.3) is 11.8 Å². The maximum Gasteiger partial charge on any atom is 0.257 e. The number of nitrogens with one attached hydrogen (secondary N) is 1. The number of carbonyl (C=O) groups is 2. The van der Waals surface area contributed by atoms with Crippen LogP contribution in [0, 0.1) is 5.92 Å². The van der Waals surface area contributed by atoms with Crippen LogP contribution in [0.4, 0.5) is 5.69 Å². The summed E-state index contributed by atoms with van der Waals surface area (Å²) in [6.07, 6.45) is 0. The molecule has 160 valence electrons. The summed E-state index contributed by atoms with van der Waals surface area (Å²) in [5.74, 6) is 0.0400. The number of halogens is 1. The van der Waals surface area contributed by atoms with Crippen LogP contribution >= 0.6 is 11.6 Å². The van der Waals surface area contributed by atoms with Crippen molar-refractivity contribution >= 4 is 29.1 Å². The molecule has 3 aliphatic rings. The summed E-state index contributed by atoms with van der Waals surface area (Å²) in [6.45, 7) is 2.31. The third kappa shape index (κ3) is 2.51. The molecule has 3 aromatic rings. The zero-order chi connectivity index (χ0) is 22.0. The lowest BCUT2D eigenvalue weighted by Gasteiger charge is -2.38. The Hall–Kier alpha value is -3.31. The van der Waals surface area contributed by atoms with E-state index in [4.69, 9.17) is 16.3 Å². The van der Waals surface area contributed by atoms with Crippen molar-refractivity contribution in [2.45, 2.75) is 24.4 Å². The van der Waals surface area contributed by atoms with Gasteiger partial charge >= 0.3 is 0 Å². The monoisotopic (exact) mass is 444 g/mol. The van der Waals surface area contributed by atoms with Crippen LogP contribution < -0.4 is 10.1 Å². The number of amides is 2. The standard InChI is InChI=1S/C26H21ClN2O3/c1-26-22(15-7-3-2-4-8-15)19-14-32-21-10-6-5-9-17(21)23(19)29(26)24(30)18-13-16(27)11-12-20(18)28-25(26)31/h2-13,19,22-23H,14H2,1H3,(H,28,31)/t19?,22?,23?,26-/m1/s1. The number of anilines is 1. The summed E-state index contributed by atoms with van der Waals surface area (Å²) in [5.41, 5.74) is 1.73. The minimum atomic E-state index is -1.11. The molecule has 6 rings (SSSR count). The lowest BCUT2D eigenvalue weighted by atomic mass is 9.73. The first-order valence-electron chi connectivity index (χ1n) is 10.7. The minimum Gasteiger partial charge on any atom is -0.493 e. The van der Waals surface area contributed by atoms with Crippen molar-refractivity contribution in [1.82, 2.24) is 4.90 Å². The summed E-state index contributed by atoms with van der Waals surface area (Å²) in [7, 11) is 0. The Morgan fingerprint density at radius 3 is 2.59 bits per heavy atom. The number of benzene rings is 3. The van der Waals surface area contributed by atoms with Gasteiger partial charge in [-0.2, -0.15) is 0 Å². The number of hydrogen-bond donors (Lipinski definition) is 1. The second-order valence-corrected chi connectivity index (χ2v) is 9.25. The molecule has 3 aromatic carbocycles. The second kappa shape index (κ2) is 6.84. The normalized spacial score (nSPS) is 27.9. The first-order chi connectivity index (χ1) is 15.5. The number of carbonyl (C=O) groups excluding carboxylic acids is 2. The molecule has 4 atom stereocenters. The molecule has 0 aliphatic carbocycles. The second-order valence-electron chi connectivity index (χ2n) is 8.81. The lowest BCUT2D eigenvalue weighted by Crippen LogP contribution is -2.54. The summed E-state index contributed by atoms with van der Waals surface area (Å²) in [4.78, 5) is 29.8. The topological polar surface area (TPSA) is 58.6 Å². The number of ether oxygens (including phenoxy) is 1. The molecule has 0 radical (unpaired) electrons. The van der Waals surface area contributed by atoms with Gasteiger partial charge in [-0.15, -0.1) is 0 Å². The van der Waals surface area contributed by atoms with Crippen LogP contribution in [0.3, 0.4) is 0 Å². The van der Waals surface area contributed by atoms with Crippen molar-refractivity contribution in [2.24, 2.45) is 5.92 Å². The van der Waals surface area contributed by atoms with Crippen molar-refractivity contribution in [3.8, 4) is 5.75 Å². The number of fused-ring (bicyclic) bond motifs is 6. The van der Waals surface area contributed by atoms with Crippen LogP contribution in [0.25, 0.3) is 0 Å². The number of rotatable bonds is 1. The van der Waals surface area contributed by atoms with Crippen molar-refractivity contribution in [2.75, 3.05) is 11.9 Å². The van der Waals surface area contributed by atoms with Gasteiger partial charge < -0.3 is 15.0 Å². The van der Waals surface area contributed by atoms with E-state index in [-0.39, 0.29) is 29.7 Å². The van der Waals surface area contributed by atoms with E-state index in [1.165, 1.54) is 0 Å². The molecule has 1 N–H and O–H groups in total. The highest BCUT2D eigenvalue weighted by Crippen LogP contribution is 2.59. The van der Waals surface area contributed by atoms with Gasteiger partial charge in [-0.1, -0.05) is 60.1 Å². The Morgan fingerprint density at radius 2 is 1.78 bits per heavy atom. The fraction of sp³-hybridized carbons (Fsp3) is 0.231. The Balaban J connectivity index is 1.63. The maximum absolute atomic E-state index is 14.1. The van der Waals surface area contributed by atoms with Gasteiger partial charge in [-0.05, 0) is 36.8 Å². The Kier molecular flexibility index (Phi) is 4.14. The molecule has 1 fully saturated rings. The summed E-state index contributed by atoms with van der Waals surface area (Å²) in [6, 6.07) is 22.5. The zero-order valence-electron chi connectivity index (χ0n) is 17.4. The molecule has 3 aliphatic heterocycles. The third-order valence-corrected chi connectivity index (χ3v) is 7.42. The molecule has 2 amide bonds. The van der Waals surface area contributed by atoms with Crippen LogP contribution in [-0.4, -0.2) is 28.9 Å². The largest absolute Gasteiger partial charge is 0.493 e.